The minimum atomic E-state index is -0.403. The minimum Gasteiger partial charge on any atom is -0.389 e. The van der Waals surface area contributed by atoms with Gasteiger partial charge in [-0.05, 0) is 21.0 Å². The second kappa shape index (κ2) is 6.17. The van der Waals surface area contributed by atoms with Gasteiger partial charge in [-0.3, -0.25) is 0 Å². The molecule has 0 radical (unpaired) electrons. The molecule has 0 saturated carbocycles. The van der Waals surface area contributed by atoms with Crippen molar-refractivity contribution in [1.29, 1.82) is 0 Å². The third-order valence-corrected chi connectivity index (χ3v) is 1.23. The topological polar surface area (TPSA) is 32.7 Å². The number of ether oxygens (including phenoxy) is 1. The van der Waals surface area contributed by atoms with E-state index in [0.717, 1.165) is 5.57 Å². The van der Waals surface area contributed by atoms with Crippen LogP contribution in [-0.4, -0.2) is 50.0 Å². The van der Waals surface area contributed by atoms with Gasteiger partial charge in [-0.15, -0.1) is 0 Å². The Morgan fingerprint density at radius 1 is 1.58 bits per heavy atom. The second-order valence-electron chi connectivity index (χ2n) is 3.39. The zero-order valence-electron chi connectivity index (χ0n) is 8.21. The van der Waals surface area contributed by atoms with E-state index in [0.29, 0.717) is 19.8 Å². The number of likely N-dealkylation sites (N-methyl/N-ethyl adjacent to an activating group) is 1. The molecule has 0 spiro atoms. The summed E-state index contributed by atoms with van der Waals surface area (Å²) in [5.41, 5.74) is 0.979. The van der Waals surface area contributed by atoms with Gasteiger partial charge < -0.3 is 14.7 Å². The lowest BCUT2D eigenvalue weighted by Crippen LogP contribution is -2.29. The smallest absolute Gasteiger partial charge is 0.0900 e. The number of hydrogen-bond acceptors (Lipinski definition) is 3. The number of rotatable bonds is 6. The average Bonchev–Trinajstić information content (AvgIpc) is 1.84. The third-order valence-electron chi connectivity index (χ3n) is 1.23. The van der Waals surface area contributed by atoms with E-state index in [9.17, 15) is 5.11 Å². The van der Waals surface area contributed by atoms with E-state index >= 15 is 0 Å². The Kier molecular flexibility index (Phi) is 5.98. The first-order valence-electron chi connectivity index (χ1n) is 4.07. The summed E-state index contributed by atoms with van der Waals surface area (Å²) in [6, 6.07) is 0. The van der Waals surface area contributed by atoms with Crippen LogP contribution in [0.1, 0.15) is 6.92 Å². The molecule has 3 heteroatoms. The molecule has 0 saturated heterocycles. The molecule has 72 valence electrons. The van der Waals surface area contributed by atoms with Gasteiger partial charge in [0.05, 0.1) is 19.3 Å². The van der Waals surface area contributed by atoms with Crippen molar-refractivity contribution in [3.63, 3.8) is 0 Å². The first kappa shape index (κ1) is 11.6. The Hall–Kier alpha value is -0.380. The van der Waals surface area contributed by atoms with Crippen molar-refractivity contribution in [2.45, 2.75) is 13.0 Å². The van der Waals surface area contributed by atoms with Gasteiger partial charge >= 0.3 is 0 Å². The van der Waals surface area contributed by atoms with Crippen LogP contribution in [0.15, 0.2) is 12.2 Å². The molecule has 0 bridgehead atoms. The lowest BCUT2D eigenvalue weighted by molar-refractivity contribution is 0.0328. The van der Waals surface area contributed by atoms with Crippen LogP contribution in [0, 0.1) is 0 Å². The van der Waals surface area contributed by atoms with Gasteiger partial charge in [-0.1, -0.05) is 12.2 Å². The largest absolute Gasteiger partial charge is 0.389 e. The van der Waals surface area contributed by atoms with Crippen LogP contribution in [0.25, 0.3) is 0 Å². The van der Waals surface area contributed by atoms with E-state index < -0.39 is 6.10 Å². The van der Waals surface area contributed by atoms with Gasteiger partial charge in [0.1, 0.15) is 0 Å². The molecule has 1 atom stereocenters. The standard InChI is InChI=1S/C9H19NO2/c1-8(2)6-12-7-9(11)5-10(3)4/h9,11H,1,5-7H2,2-4H3. The Labute approximate surface area is 74.6 Å². The molecular formula is C9H19NO2. The summed E-state index contributed by atoms with van der Waals surface area (Å²) >= 11 is 0. The van der Waals surface area contributed by atoms with Gasteiger partial charge in [-0.2, -0.15) is 0 Å². The van der Waals surface area contributed by atoms with Crippen molar-refractivity contribution in [3.8, 4) is 0 Å². The Bertz CT molecular complexity index is 134. The fraction of sp³-hybridized carbons (Fsp3) is 0.778. The molecule has 3 nitrogen and oxygen atoms in total. The summed E-state index contributed by atoms with van der Waals surface area (Å²) in [7, 11) is 3.84. The summed E-state index contributed by atoms with van der Waals surface area (Å²) < 4.78 is 5.18. The van der Waals surface area contributed by atoms with Gasteiger partial charge in [-0.25, -0.2) is 0 Å². The van der Waals surface area contributed by atoms with E-state index in [4.69, 9.17) is 4.74 Å². The van der Waals surface area contributed by atoms with Crippen molar-refractivity contribution in [2.24, 2.45) is 0 Å². The van der Waals surface area contributed by atoms with Crippen molar-refractivity contribution >= 4 is 0 Å². The first-order valence-corrected chi connectivity index (χ1v) is 4.07. The highest BCUT2D eigenvalue weighted by atomic mass is 16.5. The van der Waals surface area contributed by atoms with Crippen molar-refractivity contribution in [2.75, 3.05) is 33.9 Å². The van der Waals surface area contributed by atoms with Crippen molar-refractivity contribution in [3.05, 3.63) is 12.2 Å². The zero-order valence-corrected chi connectivity index (χ0v) is 8.21. The third kappa shape index (κ3) is 7.72. The summed E-state index contributed by atoms with van der Waals surface area (Å²) in [5, 5.41) is 9.34. The minimum absolute atomic E-state index is 0.380. The maximum absolute atomic E-state index is 9.34. The Balaban J connectivity index is 3.31. The SMILES string of the molecule is C=C(C)COCC(O)CN(C)C. The quantitative estimate of drug-likeness (QED) is 0.594. The molecule has 0 aromatic heterocycles. The maximum Gasteiger partial charge on any atom is 0.0900 e. The monoisotopic (exact) mass is 173 g/mol. The molecule has 0 rings (SSSR count). The summed E-state index contributed by atoms with van der Waals surface area (Å²) in [4.78, 5) is 1.93. The molecule has 0 aliphatic carbocycles. The highest BCUT2D eigenvalue weighted by molar-refractivity contribution is 4.87. The lowest BCUT2D eigenvalue weighted by atomic mass is 10.3. The van der Waals surface area contributed by atoms with Crippen molar-refractivity contribution < 1.29 is 9.84 Å². The fourth-order valence-electron chi connectivity index (χ4n) is 0.843. The highest BCUT2D eigenvalue weighted by Gasteiger charge is 2.04. The van der Waals surface area contributed by atoms with Crippen LogP contribution < -0.4 is 0 Å². The summed E-state index contributed by atoms with van der Waals surface area (Å²) in [6.07, 6.45) is -0.403. The van der Waals surface area contributed by atoms with E-state index in [1.165, 1.54) is 0 Å². The Morgan fingerprint density at radius 2 is 2.17 bits per heavy atom. The van der Waals surface area contributed by atoms with Gasteiger partial charge in [0.2, 0.25) is 0 Å². The molecule has 0 fully saturated rings. The van der Waals surface area contributed by atoms with Crippen molar-refractivity contribution in [1.82, 2.24) is 4.90 Å². The molecule has 1 unspecified atom stereocenters. The van der Waals surface area contributed by atoms with Crippen LogP contribution >= 0.6 is 0 Å². The maximum atomic E-state index is 9.34. The molecule has 0 aliphatic rings. The normalized spacial score (nSPS) is 13.4. The van der Waals surface area contributed by atoms with E-state index in [2.05, 4.69) is 6.58 Å². The van der Waals surface area contributed by atoms with Crippen LogP contribution in [0.4, 0.5) is 0 Å². The Morgan fingerprint density at radius 3 is 2.58 bits per heavy atom. The van der Waals surface area contributed by atoms with Gasteiger partial charge in [0.15, 0.2) is 0 Å². The summed E-state index contributed by atoms with van der Waals surface area (Å²) in [5.74, 6) is 0. The van der Waals surface area contributed by atoms with E-state index in [1.807, 2.05) is 25.9 Å². The predicted octanol–water partition coefficient (Wildman–Crippen LogP) is 0.502. The van der Waals surface area contributed by atoms with Crippen LogP contribution in [0.5, 0.6) is 0 Å². The summed E-state index contributed by atoms with van der Waals surface area (Å²) in [6.45, 7) is 7.14. The predicted molar refractivity (Wildman–Crippen MR) is 50.2 cm³/mol. The van der Waals surface area contributed by atoms with Crippen LogP contribution in [0.3, 0.4) is 0 Å². The molecule has 0 aromatic rings. The number of hydrogen-bond donors (Lipinski definition) is 1. The van der Waals surface area contributed by atoms with E-state index in [1.54, 1.807) is 0 Å². The number of aliphatic hydroxyl groups is 1. The molecule has 1 N–H and O–H groups in total. The second-order valence-corrected chi connectivity index (χ2v) is 3.39. The number of nitrogens with zero attached hydrogens (tertiary/aromatic N) is 1. The number of aliphatic hydroxyl groups excluding tert-OH is 1. The van der Waals surface area contributed by atoms with Crippen LogP contribution in [0.2, 0.25) is 0 Å². The van der Waals surface area contributed by atoms with Gasteiger partial charge in [0.25, 0.3) is 0 Å². The molecule has 0 aliphatic heterocycles. The average molecular weight is 173 g/mol. The molecule has 0 aromatic carbocycles. The molecular weight excluding hydrogens is 154 g/mol. The fourth-order valence-corrected chi connectivity index (χ4v) is 0.843. The van der Waals surface area contributed by atoms with Crippen LogP contribution in [-0.2, 0) is 4.74 Å². The highest BCUT2D eigenvalue weighted by Crippen LogP contribution is 1.92. The first-order chi connectivity index (χ1) is 5.52. The molecule has 0 heterocycles. The van der Waals surface area contributed by atoms with E-state index in [-0.39, 0.29) is 0 Å². The van der Waals surface area contributed by atoms with Gasteiger partial charge in [0, 0.05) is 6.54 Å². The zero-order chi connectivity index (χ0) is 9.56. The molecule has 12 heavy (non-hydrogen) atoms. The lowest BCUT2D eigenvalue weighted by Gasteiger charge is -2.15. The molecule has 0 amide bonds.